The molecule has 3 rings (SSSR count). The summed E-state index contributed by atoms with van der Waals surface area (Å²) in [4.78, 5) is 14.4. The third kappa shape index (κ3) is 2.16. The second-order valence-electron chi connectivity index (χ2n) is 5.27. The molecule has 0 aromatic carbocycles. The highest BCUT2D eigenvalue weighted by molar-refractivity contribution is 5.95. The zero-order valence-electron chi connectivity index (χ0n) is 11.3. The normalized spacial score (nSPS) is 19.1. The molecule has 1 aliphatic heterocycles. The van der Waals surface area contributed by atoms with Crippen LogP contribution in [0.4, 0.5) is 0 Å². The number of carbonyl (C=O) groups is 1. The molecule has 1 unspecified atom stereocenters. The topological polar surface area (TPSA) is 53.9 Å². The van der Waals surface area contributed by atoms with Crippen molar-refractivity contribution < 1.29 is 4.79 Å². The Hall–Kier alpha value is -2.04. The molecule has 5 heteroatoms. The minimum Gasteiger partial charge on any atom is -0.356 e. The zero-order valence-corrected chi connectivity index (χ0v) is 11.3. The van der Waals surface area contributed by atoms with Crippen molar-refractivity contribution >= 4 is 5.91 Å². The summed E-state index contributed by atoms with van der Waals surface area (Å²) < 4.78 is 1.94. The Kier molecular flexibility index (Phi) is 2.89. The number of nitrogens with zero attached hydrogens (tertiary/aromatic N) is 3. The molecule has 100 valence electrons. The number of amides is 1. The Balaban J connectivity index is 1.74. The number of hydrogen-bond donors (Lipinski definition) is 1. The fourth-order valence-electron chi connectivity index (χ4n) is 2.80. The summed E-state index contributed by atoms with van der Waals surface area (Å²) in [6.45, 7) is 3.57. The Morgan fingerprint density at radius 2 is 2.32 bits per heavy atom. The molecular weight excluding hydrogens is 240 g/mol. The molecule has 1 N–H and O–H groups in total. The predicted octanol–water partition coefficient (Wildman–Crippen LogP) is 1.69. The van der Waals surface area contributed by atoms with E-state index in [1.54, 1.807) is 6.20 Å². The molecule has 19 heavy (non-hydrogen) atoms. The summed E-state index contributed by atoms with van der Waals surface area (Å²) in [6, 6.07) is 1.99. The highest BCUT2D eigenvalue weighted by Crippen LogP contribution is 2.27. The van der Waals surface area contributed by atoms with Crippen LogP contribution < -0.4 is 0 Å². The van der Waals surface area contributed by atoms with Crippen molar-refractivity contribution in [3.8, 4) is 0 Å². The SMILES string of the molecule is Cc1cn(C)cc1C(=O)N1CCC(c2ccn[nH]2)C1. The van der Waals surface area contributed by atoms with Gasteiger partial charge in [0.25, 0.3) is 5.91 Å². The number of nitrogens with one attached hydrogen (secondary N) is 1. The highest BCUT2D eigenvalue weighted by atomic mass is 16.2. The van der Waals surface area contributed by atoms with Crippen molar-refractivity contribution in [3.63, 3.8) is 0 Å². The second-order valence-corrected chi connectivity index (χ2v) is 5.27. The van der Waals surface area contributed by atoms with E-state index in [2.05, 4.69) is 10.2 Å². The molecule has 3 heterocycles. The number of rotatable bonds is 2. The number of aromatic amines is 1. The van der Waals surface area contributed by atoms with Crippen LogP contribution in [0.3, 0.4) is 0 Å². The van der Waals surface area contributed by atoms with Crippen LogP contribution in [0.2, 0.25) is 0 Å². The lowest BCUT2D eigenvalue weighted by Gasteiger charge is -2.16. The summed E-state index contributed by atoms with van der Waals surface area (Å²) in [6.07, 6.45) is 6.65. The molecule has 0 bridgehead atoms. The van der Waals surface area contributed by atoms with Gasteiger partial charge in [-0.2, -0.15) is 5.10 Å². The van der Waals surface area contributed by atoms with Crippen LogP contribution in [0, 0.1) is 6.92 Å². The van der Waals surface area contributed by atoms with E-state index in [0.717, 1.165) is 36.3 Å². The molecule has 2 aromatic heterocycles. The first-order chi connectivity index (χ1) is 9.15. The van der Waals surface area contributed by atoms with Gasteiger partial charge in [0.2, 0.25) is 0 Å². The number of aromatic nitrogens is 3. The van der Waals surface area contributed by atoms with E-state index >= 15 is 0 Å². The standard InChI is InChI=1S/C14H18N4O/c1-10-7-17(2)9-12(10)14(19)18-6-4-11(8-18)13-3-5-15-16-13/h3,5,7,9,11H,4,6,8H2,1-2H3,(H,15,16). The third-order valence-electron chi connectivity index (χ3n) is 3.82. The Bertz CT molecular complexity index is 585. The molecule has 1 fully saturated rings. The van der Waals surface area contributed by atoms with Crippen molar-refractivity contribution in [1.29, 1.82) is 0 Å². The van der Waals surface area contributed by atoms with Gasteiger partial charge in [-0.05, 0) is 25.0 Å². The average Bonchev–Trinajstić information content (AvgIpc) is 3.06. The Morgan fingerprint density at radius 1 is 1.47 bits per heavy atom. The molecule has 0 spiro atoms. The summed E-state index contributed by atoms with van der Waals surface area (Å²) in [5.74, 6) is 0.524. The fourth-order valence-corrected chi connectivity index (χ4v) is 2.80. The number of likely N-dealkylation sites (tertiary alicyclic amines) is 1. The van der Waals surface area contributed by atoms with Crippen LogP contribution in [0.25, 0.3) is 0 Å². The molecule has 1 atom stereocenters. The van der Waals surface area contributed by atoms with E-state index in [9.17, 15) is 4.79 Å². The maximum absolute atomic E-state index is 12.5. The van der Waals surface area contributed by atoms with E-state index < -0.39 is 0 Å². The summed E-state index contributed by atoms with van der Waals surface area (Å²) in [7, 11) is 1.95. The number of aryl methyl sites for hydroxylation is 2. The molecule has 2 aromatic rings. The molecule has 1 saturated heterocycles. The predicted molar refractivity (Wildman–Crippen MR) is 72.0 cm³/mol. The first kappa shape index (κ1) is 12.0. The van der Waals surface area contributed by atoms with Gasteiger partial charge in [-0.1, -0.05) is 0 Å². The highest BCUT2D eigenvalue weighted by Gasteiger charge is 2.29. The maximum atomic E-state index is 12.5. The first-order valence-corrected chi connectivity index (χ1v) is 6.56. The van der Waals surface area contributed by atoms with Crippen LogP contribution in [-0.4, -0.2) is 38.7 Å². The molecule has 5 nitrogen and oxygen atoms in total. The monoisotopic (exact) mass is 258 g/mol. The quantitative estimate of drug-likeness (QED) is 0.891. The lowest BCUT2D eigenvalue weighted by molar-refractivity contribution is 0.0790. The van der Waals surface area contributed by atoms with E-state index in [1.807, 2.05) is 41.9 Å². The Morgan fingerprint density at radius 3 is 2.95 bits per heavy atom. The molecule has 0 saturated carbocycles. The van der Waals surface area contributed by atoms with Gasteiger partial charge >= 0.3 is 0 Å². The molecule has 1 amide bonds. The number of hydrogen-bond acceptors (Lipinski definition) is 2. The van der Waals surface area contributed by atoms with Gasteiger partial charge in [0, 0.05) is 50.3 Å². The molecule has 1 aliphatic rings. The molecule has 0 radical (unpaired) electrons. The second kappa shape index (κ2) is 4.57. The molecule has 0 aliphatic carbocycles. The summed E-state index contributed by atoms with van der Waals surface area (Å²) in [5.41, 5.74) is 2.98. The van der Waals surface area contributed by atoms with Crippen LogP contribution in [0.1, 0.15) is 34.0 Å². The van der Waals surface area contributed by atoms with Crippen molar-refractivity contribution in [3.05, 3.63) is 41.5 Å². The van der Waals surface area contributed by atoms with E-state index in [-0.39, 0.29) is 5.91 Å². The first-order valence-electron chi connectivity index (χ1n) is 6.56. The van der Waals surface area contributed by atoms with Crippen molar-refractivity contribution in [2.24, 2.45) is 7.05 Å². The summed E-state index contributed by atoms with van der Waals surface area (Å²) >= 11 is 0. The zero-order chi connectivity index (χ0) is 13.4. The Labute approximate surface area is 112 Å². The van der Waals surface area contributed by atoms with Gasteiger partial charge in [0.05, 0.1) is 5.56 Å². The van der Waals surface area contributed by atoms with Crippen LogP contribution in [0.5, 0.6) is 0 Å². The third-order valence-corrected chi connectivity index (χ3v) is 3.82. The van der Waals surface area contributed by atoms with Gasteiger partial charge in [-0.25, -0.2) is 0 Å². The fraction of sp³-hybridized carbons (Fsp3) is 0.429. The van der Waals surface area contributed by atoms with E-state index in [0.29, 0.717) is 5.92 Å². The van der Waals surface area contributed by atoms with E-state index in [4.69, 9.17) is 0 Å². The van der Waals surface area contributed by atoms with E-state index in [1.165, 1.54) is 0 Å². The van der Waals surface area contributed by atoms with Crippen molar-refractivity contribution in [1.82, 2.24) is 19.7 Å². The number of H-pyrrole nitrogens is 1. The van der Waals surface area contributed by atoms with Gasteiger partial charge < -0.3 is 9.47 Å². The van der Waals surface area contributed by atoms with Crippen molar-refractivity contribution in [2.75, 3.05) is 13.1 Å². The smallest absolute Gasteiger partial charge is 0.255 e. The van der Waals surface area contributed by atoms with Gasteiger partial charge in [0.1, 0.15) is 0 Å². The van der Waals surface area contributed by atoms with Gasteiger partial charge in [-0.15, -0.1) is 0 Å². The van der Waals surface area contributed by atoms with Gasteiger partial charge in [-0.3, -0.25) is 9.89 Å². The minimum absolute atomic E-state index is 0.139. The van der Waals surface area contributed by atoms with Crippen molar-refractivity contribution in [2.45, 2.75) is 19.3 Å². The minimum atomic E-state index is 0.139. The average molecular weight is 258 g/mol. The molecular formula is C14H18N4O. The maximum Gasteiger partial charge on any atom is 0.255 e. The lowest BCUT2D eigenvalue weighted by atomic mass is 10.1. The number of carbonyl (C=O) groups excluding carboxylic acids is 1. The summed E-state index contributed by atoms with van der Waals surface area (Å²) in [5, 5.41) is 6.98. The lowest BCUT2D eigenvalue weighted by Crippen LogP contribution is -2.28. The van der Waals surface area contributed by atoms with Crippen LogP contribution >= 0.6 is 0 Å². The van der Waals surface area contributed by atoms with Crippen LogP contribution in [-0.2, 0) is 7.05 Å². The van der Waals surface area contributed by atoms with Crippen LogP contribution in [0.15, 0.2) is 24.7 Å². The largest absolute Gasteiger partial charge is 0.356 e. The van der Waals surface area contributed by atoms with Gasteiger partial charge in [0.15, 0.2) is 0 Å².